The van der Waals surface area contributed by atoms with E-state index in [4.69, 9.17) is 9.47 Å². The van der Waals surface area contributed by atoms with Gasteiger partial charge in [-0.05, 0) is 18.2 Å². The van der Waals surface area contributed by atoms with Crippen LogP contribution in [0.25, 0.3) is 16.7 Å². The molecule has 1 N–H and O–H groups in total. The molecule has 140 valence electrons. The maximum Gasteiger partial charge on any atom is 0.331 e. The van der Waals surface area contributed by atoms with Crippen molar-refractivity contribution in [1.29, 1.82) is 0 Å². The Hall–Kier alpha value is -3.68. The number of aromatic nitrogens is 5. The van der Waals surface area contributed by atoms with E-state index in [0.29, 0.717) is 29.1 Å². The number of ether oxygens (including phenoxy) is 2. The first-order valence-corrected chi connectivity index (χ1v) is 8.84. The number of nitrogens with one attached hydrogen (secondary N) is 1. The van der Waals surface area contributed by atoms with Crippen LogP contribution >= 0.6 is 0 Å². The lowest BCUT2D eigenvalue weighted by atomic mass is 9.86. The average molecular weight is 375 g/mol. The number of aromatic amines is 1. The van der Waals surface area contributed by atoms with Gasteiger partial charge in [0.25, 0.3) is 0 Å². The maximum absolute atomic E-state index is 12.3. The fourth-order valence-electron chi connectivity index (χ4n) is 3.50. The third-order valence-electron chi connectivity index (χ3n) is 4.81. The zero-order valence-corrected chi connectivity index (χ0v) is 15.3. The fourth-order valence-corrected chi connectivity index (χ4v) is 3.50. The van der Waals surface area contributed by atoms with Crippen LogP contribution in [0, 0.1) is 0 Å². The number of benzene rings is 1. The summed E-state index contributed by atoms with van der Waals surface area (Å²) in [6, 6.07) is 7.65. The molecule has 8 heteroatoms. The molecule has 1 aliphatic rings. The second kappa shape index (κ2) is 5.91. The van der Waals surface area contributed by atoms with Crippen molar-refractivity contribution >= 4 is 11.0 Å². The molecule has 0 aliphatic carbocycles. The molecule has 4 heterocycles. The molecule has 4 aromatic rings. The molecule has 0 unspecified atom stereocenters. The molecule has 0 spiro atoms. The minimum absolute atomic E-state index is 0.156. The lowest BCUT2D eigenvalue weighted by molar-refractivity contribution is 0.290. The Morgan fingerprint density at radius 1 is 1.18 bits per heavy atom. The maximum atomic E-state index is 12.3. The Morgan fingerprint density at radius 3 is 2.82 bits per heavy atom. The monoisotopic (exact) mass is 375 g/mol. The van der Waals surface area contributed by atoms with E-state index in [-0.39, 0.29) is 17.1 Å². The Morgan fingerprint density at radius 2 is 2.00 bits per heavy atom. The van der Waals surface area contributed by atoms with Crippen molar-refractivity contribution in [2.24, 2.45) is 0 Å². The van der Waals surface area contributed by atoms with Crippen LogP contribution in [0.4, 0.5) is 0 Å². The minimum Gasteiger partial charge on any atom is -0.492 e. The van der Waals surface area contributed by atoms with E-state index in [2.05, 4.69) is 33.8 Å². The molecular weight excluding hydrogens is 358 g/mol. The summed E-state index contributed by atoms with van der Waals surface area (Å²) in [5.74, 6) is 1.49. The predicted octanol–water partition coefficient (Wildman–Crippen LogP) is 2.97. The van der Waals surface area contributed by atoms with Gasteiger partial charge in [-0.3, -0.25) is 9.55 Å². The highest BCUT2D eigenvalue weighted by Crippen LogP contribution is 2.44. The van der Waals surface area contributed by atoms with Crippen LogP contribution < -0.4 is 15.2 Å². The van der Waals surface area contributed by atoms with E-state index in [1.165, 1.54) is 4.57 Å². The van der Waals surface area contributed by atoms with Crippen molar-refractivity contribution in [3.05, 3.63) is 65.1 Å². The number of imidazole rings is 1. The second-order valence-electron chi connectivity index (χ2n) is 7.29. The summed E-state index contributed by atoms with van der Waals surface area (Å²) in [7, 11) is 0. The first-order chi connectivity index (χ1) is 13.5. The van der Waals surface area contributed by atoms with Gasteiger partial charge >= 0.3 is 11.7 Å². The first-order valence-electron chi connectivity index (χ1n) is 8.84. The predicted molar refractivity (Wildman–Crippen MR) is 102 cm³/mol. The van der Waals surface area contributed by atoms with Crippen molar-refractivity contribution in [3.63, 3.8) is 0 Å². The molecule has 0 bridgehead atoms. The Balaban J connectivity index is 1.50. The molecule has 1 aromatic carbocycles. The molecule has 0 saturated heterocycles. The van der Waals surface area contributed by atoms with Crippen LogP contribution in [0.5, 0.6) is 17.5 Å². The molecule has 8 nitrogen and oxygen atoms in total. The molecule has 0 saturated carbocycles. The Kier molecular flexibility index (Phi) is 3.48. The van der Waals surface area contributed by atoms with Gasteiger partial charge in [0.15, 0.2) is 0 Å². The van der Waals surface area contributed by atoms with Crippen molar-refractivity contribution in [2.75, 3.05) is 6.61 Å². The fraction of sp³-hybridized carbons (Fsp3) is 0.200. The van der Waals surface area contributed by atoms with Gasteiger partial charge in [0.1, 0.15) is 11.5 Å². The van der Waals surface area contributed by atoms with Crippen LogP contribution in [0.1, 0.15) is 19.4 Å². The van der Waals surface area contributed by atoms with Crippen LogP contribution in [0.15, 0.2) is 53.8 Å². The molecule has 3 aromatic heterocycles. The van der Waals surface area contributed by atoms with Crippen molar-refractivity contribution in [1.82, 2.24) is 24.5 Å². The SMILES string of the molecule is CC1(C)COc2cccc(Oc3ncc(-n4c(=O)[nH]c5cnccc54)cn3)c21. The average Bonchev–Trinajstić information content (AvgIpc) is 3.19. The highest BCUT2D eigenvalue weighted by molar-refractivity contribution is 5.75. The van der Waals surface area contributed by atoms with Gasteiger partial charge in [0.2, 0.25) is 0 Å². The van der Waals surface area contributed by atoms with E-state index in [1.807, 2.05) is 18.2 Å². The van der Waals surface area contributed by atoms with Crippen LogP contribution in [0.2, 0.25) is 0 Å². The Labute approximate surface area is 159 Å². The summed E-state index contributed by atoms with van der Waals surface area (Å²) in [5, 5.41) is 0. The molecule has 0 fully saturated rings. The quantitative estimate of drug-likeness (QED) is 0.592. The number of nitrogens with zero attached hydrogens (tertiary/aromatic N) is 4. The number of hydrogen-bond donors (Lipinski definition) is 1. The molecule has 0 amide bonds. The standard InChI is InChI=1S/C20H17N5O3/c1-20(2)11-27-15-4-3-5-16(17(15)20)28-18-22-8-12(9-23-18)25-14-6-7-21-10-13(14)24-19(25)26/h3-10H,11H2,1-2H3,(H,24,26). The van der Waals surface area contributed by atoms with E-state index in [1.54, 1.807) is 30.9 Å². The van der Waals surface area contributed by atoms with Gasteiger partial charge in [-0.15, -0.1) is 0 Å². The highest BCUT2D eigenvalue weighted by Gasteiger charge is 2.35. The third kappa shape index (κ3) is 2.53. The number of pyridine rings is 1. The number of hydrogen-bond acceptors (Lipinski definition) is 6. The normalized spacial score (nSPS) is 14.6. The lowest BCUT2D eigenvalue weighted by Gasteiger charge is -2.18. The van der Waals surface area contributed by atoms with Crippen LogP contribution in [-0.2, 0) is 5.41 Å². The van der Waals surface area contributed by atoms with Crippen molar-refractivity contribution < 1.29 is 9.47 Å². The van der Waals surface area contributed by atoms with Gasteiger partial charge in [-0.25, -0.2) is 14.8 Å². The highest BCUT2D eigenvalue weighted by atomic mass is 16.5. The summed E-state index contributed by atoms with van der Waals surface area (Å²) in [5.41, 5.74) is 2.46. The molecule has 0 atom stereocenters. The Bertz CT molecular complexity index is 1240. The van der Waals surface area contributed by atoms with E-state index >= 15 is 0 Å². The van der Waals surface area contributed by atoms with Crippen molar-refractivity contribution in [3.8, 4) is 23.2 Å². The zero-order valence-electron chi connectivity index (χ0n) is 15.3. The lowest BCUT2D eigenvalue weighted by Crippen LogP contribution is -2.19. The van der Waals surface area contributed by atoms with Gasteiger partial charge < -0.3 is 14.5 Å². The third-order valence-corrected chi connectivity index (χ3v) is 4.81. The van der Waals surface area contributed by atoms with Crippen LogP contribution in [-0.4, -0.2) is 31.1 Å². The minimum atomic E-state index is -0.278. The van der Waals surface area contributed by atoms with E-state index < -0.39 is 0 Å². The molecule has 1 aliphatic heterocycles. The molecular formula is C20H17N5O3. The van der Waals surface area contributed by atoms with Gasteiger partial charge in [-0.1, -0.05) is 19.9 Å². The summed E-state index contributed by atoms with van der Waals surface area (Å²) in [6.45, 7) is 4.81. The molecule has 0 radical (unpaired) electrons. The summed E-state index contributed by atoms with van der Waals surface area (Å²) < 4.78 is 13.2. The smallest absolute Gasteiger partial charge is 0.331 e. The molecule has 28 heavy (non-hydrogen) atoms. The number of H-pyrrole nitrogens is 1. The first kappa shape index (κ1) is 16.5. The number of rotatable bonds is 3. The van der Waals surface area contributed by atoms with Crippen LogP contribution in [0.3, 0.4) is 0 Å². The summed E-state index contributed by atoms with van der Waals surface area (Å²) in [4.78, 5) is 27.6. The van der Waals surface area contributed by atoms with Gasteiger partial charge in [0.05, 0.1) is 41.9 Å². The largest absolute Gasteiger partial charge is 0.492 e. The van der Waals surface area contributed by atoms with E-state index in [9.17, 15) is 4.79 Å². The summed E-state index contributed by atoms with van der Waals surface area (Å²) in [6.07, 6.45) is 6.35. The molecule has 5 rings (SSSR count). The topological polar surface area (TPSA) is 94.9 Å². The zero-order chi connectivity index (χ0) is 19.3. The second-order valence-corrected chi connectivity index (χ2v) is 7.29. The number of fused-ring (bicyclic) bond motifs is 2. The van der Waals surface area contributed by atoms with Gasteiger partial charge in [-0.2, -0.15) is 0 Å². The van der Waals surface area contributed by atoms with E-state index in [0.717, 1.165) is 11.3 Å². The van der Waals surface area contributed by atoms with Crippen molar-refractivity contribution in [2.45, 2.75) is 19.3 Å². The summed E-state index contributed by atoms with van der Waals surface area (Å²) >= 11 is 0. The van der Waals surface area contributed by atoms with Gasteiger partial charge in [0, 0.05) is 17.2 Å².